The number of carboxylic acid groups (broad SMARTS) is 1. The monoisotopic (exact) mass is 256 g/mol. The number of rotatable bonds is 5. The van der Waals surface area contributed by atoms with Gasteiger partial charge in [-0.3, -0.25) is 9.59 Å². The van der Waals surface area contributed by atoms with E-state index >= 15 is 0 Å². The molecule has 0 bridgehead atoms. The number of carbonyl (C=O) groups is 2. The number of nitrogens with one attached hydrogen (secondary N) is 1. The molecule has 5 nitrogen and oxygen atoms in total. The SMILES string of the molecule is CC(C)(CC(=O)O)NC(=O)C(N)c1cccs1. The third kappa shape index (κ3) is 4.16. The van der Waals surface area contributed by atoms with Gasteiger partial charge in [-0.2, -0.15) is 0 Å². The number of hydrogen-bond acceptors (Lipinski definition) is 4. The molecular formula is C11H16N2O3S. The summed E-state index contributed by atoms with van der Waals surface area (Å²) in [5.41, 5.74) is 4.96. The molecule has 1 atom stereocenters. The lowest BCUT2D eigenvalue weighted by molar-refractivity contribution is -0.138. The van der Waals surface area contributed by atoms with Gasteiger partial charge in [-0.25, -0.2) is 0 Å². The van der Waals surface area contributed by atoms with Crippen molar-refractivity contribution in [2.24, 2.45) is 5.73 Å². The Morgan fingerprint density at radius 1 is 1.59 bits per heavy atom. The van der Waals surface area contributed by atoms with Crippen molar-refractivity contribution < 1.29 is 14.7 Å². The summed E-state index contributed by atoms with van der Waals surface area (Å²) < 4.78 is 0. The standard InChI is InChI=1S/C11H16N2O3S/c1-11(2,6-8(14)15)13-10(16)9(12)7-4-3-5-17-7/h3-5,9H,6,12H2,1-2H3,(H,13,16)(H,14,15). The molecule has 0 aromatic carbocycles. The molecule has 0 fully saturated rings. The van der Waals surface area contributed by atoms with Gasteiger partial charge in [0, 0.05) is 10.4 Å². The van der Waals surface area contributed by atoms with E-state index in [1.807, 2.05) is 11.4 Å². The summed E-state index contributed by atoms with van der Waals surface area (Å²) in [6, 6.07) is 2.84. The third-order valence-corrected chi connectivity index (χ3v) is 3.14. The smallest absolute Gasteiger partial charge is 0.305 e. The van der Waals surface area contributed by atoms with Gasteiger partial charge in [0.05, 0.1) is 6.42 Å². The van der Waals surface area contributed by atoms with Gasteiger partial charge < -0.3 is 16.2 Å². The van der Waals surface area contributed by atoms with Crippen LogP contribution in [0.5, 0.6) is 0 Å². The van der Waals surface area contributed by atoms with Crippen LogP contribution in [-0.2, 0) is 9.59 Å². The summed E-state index contributed by atoms with van der Waals surface area (Å²) >= 11 is 1.40. The number of carbonyl (C=O) groups excluding carboxylic acids is 1. The topological polar surface area (TPSA) is 92.4 Å². The van der Waals surface area contributed by atoms with E-state index in [9.17, 15) is 9.59 Å². The van der Waals surface area contributed by atoms with Gasteiger partial charge in [0.15, 0.2) is 0 Å². The molecule has 1 aromatic rings. The molecule has 0 radical (unpaired) electrons. The van der Waals surface area contributed by atoms with Gasteiger partial charge in [-0.1, -0.05) is 6.07 Å². The van der Waals surface area contributed by atoms with Crippen molar-refractivity contribution in [3.8, 4) is 0 Å². The Morgan fingerprint density at radius 3 is 2.71 bits per heavy atom. The Labute approximate surface area is 104 Å². The second-order valence-corrected chi connectivity index (χ2v) is 5.42. The fourth-order valence-electron chi connectivity index (χ4n) is 1.43. The molecule has 1 unspecified atom stereocenters. The summed E-state index contributed by atoms with van der Waals surface area (Å²) in [7, 11) is 0. The van der Waals surface area contributed by atoms with Crippen molar-refractivity contribution >= 4 is 23.2 Å². The Bertz CT molecular complexity index is 401. The summed E-state index contributed by atoms with van der Waals surface area (Å²) in [6.07, 6.45) is -0.143. The van der Waals surface area contributed by atoms with Crippen LogP contribution in [0.4, 0.5) is 0 Å². The van der Waals surface area contributed by atoms with Crippen molar-refractivity contribution in [3.63, 3.8) is 0 Å². The molecule has 0 saturated heterocycles. The summed E-state index contributed by atoms with van der Waals surface area (Å²) in [4.78, 5) is 23.2. The Hall–Kier alpha value is -1.40. The van der Waals surface area contributed by atoms with E-state index in [0.29, 0.717) is 0 Å². The van der Waals surface area contributed by atoms with Crippen LogP contribution < -0.4 is 11.1 Å². The fraction of sp³-hybridized carbons (Fsp3) is 0.455. The summed E-state index contributed by atoms with van der Waals surface area (Å²) in [5.74, 6) is -1.32. The minimum Gasteiger partial charge on any atom is -0.481 e. The molecule has 0 aliphatic heterocycles. The van der Waals surface area contributed by atoms with Crippen LogP contribution in [0.2, 0.25) is 0 Å². The zero-order chi connectivity index (χ0) is 13.1. The summed E-state index contributed by atoms with van der Waals surface area (Å²) in [6.45, 7) is 3.31. The molecular weight excluding hydrogens is 240 g/mol. The highest BCUT2D eigenvalue weighted by Gasteiger charge is 2.27. The first-order valence-corrected chi connectivity index (χ1v) is 6.02. The quantitative estimate of drug-likeness (QED) is 0.736. The van der Waals surface area contributed by atoms with E-state index in [1.54, 1.807) is 19.9 Å². The summed E-state index contributed by atoms with van der Waals surface area (Å²) in [5, 5.41) is 13.2. The molecule has 0 spiro atoms. The van der Waals surface area contributed by atoms with E-state index < -0.39 is 17.6 Å². The predicted molar refractivity (Wildman–Crippen MR) is 65.7 cm³/mol. The average molecular weight is 256 g/mol. The maximum atomic E-state index is 11.8. The van der Waals surface area contributed by atoms with E-state index in [2.05, 4.69) is 5.32 Å². The van der Waals surface area contributed by atoms with Crippen molar-refractivity contribution in [3.05, 3.63) is 22.4 Å². The van der Waals surface area contributed by atoms with E-state index in [-0.39, 0.29) is 12.3 Å². The number of nitrogens with two attached hydrogens (primary N) is 1. The highest BCUT2D eigenvalue weighted by atomic mass is 32.1. The van der Waals surface area contributed by atoms with Crippen LogP contribution in [0.1, 0.15) is 31.2 Å². The van der Waals surface area contributed by atoms with E-state index in [4.69, 9.17) is 10.8 Å². The van der Waals surface area contributed by atoms with Gasteiger partial charge in [0.25, 0.3) is 0 Å². The van der Waals surface area contributed by atoms with Crippen LogP contribution in [0.15, 0.2) is 17.5 Å². The molecule has 94 valence electrons. The second-order valence-electron chi connectivity index (χ2n) is 4.44. The Morgan fingerprint density at radius 2 is 2.24 bits per heavy atom. The molecule has 1 aromatic heterocycles. The van der Waals surface area contributed by atoms with Crippen molar-refractivity contribution in [1.82, 2.24) is 5.32 Å². The second kappa shape index (κ2) is 5.29. The number of thiophene rings is 1. The number of amides is 1. The first kappa shape index (κ1) is 13.7. The number of hydrogen-bond donors (Lipinski definition) is 3. The molecule has 0 aliphatic carbocycles. The first-order chi connectivity index (χ1) is 7.82. The highest BCUT2D eigenvalue weighted by Crippen LogP contribution is 2.18. The zero-order valence-corrected chi connectivity index (χ0v) is 10.6. The van der Waals surface area contributed by atoms with Crippen LogP contribution in [0, 0.1) is 0 Å². The maximum Gasteiger partial charge on any atom is 0.305 e. The minimum atomic E-state index is -0.958. The molecule has 4 N–H and O–H groups in total. The van der Waals surface area contributed by atoms with Gasteiger partial charge in [0.2, 0.25) is 5.91 Å². The third-order valence-electron chi connectivity index (χ3n) is 2.19. The van der Waals surface area contributed by atoms with Crippen LogP contribution in [0.25, 0.3) is 0 Å². The van der Waals surface area contributed by atoms with Gasteiger partial charge in [0.1, 0.15) is 6.04 Å². The van der Waals surface area contributed by atoms with Gasteiger partial charge in [-0.15, -0.1) is 11.3 Å². The zero-order valence-electron chi connectivity index (χ0n) is 9.77. The lowest BCUT2D eigenvalue weighted by Crippen LogP contribution is -2.48. The Balaban J connectivity index is 2.63. The molecule has 0 saturated carbocycles. The Kier molecular flexibility index (Phi) is 4.25. The lowest BCUT2D eigenvalue weighted by atomic mass is 10.00. The predicted octanol–water partition coefficient (Wildman–Crippen LogP) is 1.12. The largest absolute Gasteiger partial charge is 0.481 e. The van der Waals surface area contributed by atoms with E-state index in [0.717, 1.165) is 4.88 Å². The van der Waals surface area contributed by atoms with Gasteiger partial charge >= 0.3 is 5.97 Å². The number of aliphatic carboxylic acids is 1. The first-order valence-electron chi connectivity index (χ1n) is 5.14. The van der Waals surface area contributed by atoms with Crippen LogP contribution >= 0.6 is 11.3 Å². The molecule has 17 heavy (non-hydrogen) atoms. The minimum absolute atomic E-state index is 0.143. The fourth-order valence-corrected chi connectivity index (χ4v) is 2.16. The molecule has 1 amide bonds. The highest BCUT2D eigenvalue weighted by molar-refractivity contribution is 7.10. The number of carboxylic acids is 1. The molecule has 1 rings (SSSR count). The normalized spacial score (nSPS) is 13.1. The molecule has 0 aliphatic rings. The average Bonchev–Trinajstić information content (AvgIpc) is 2.65. The van der Waals surface area contributed by atoms with Crippen LogP contribution in [0.3, 0.4) is 0 Å². The van der Waals surface area contributed by atoms with Crippen molar-refractivity contribution in [2.75, 3.05) is 0 Å². The van der Waals surface area contributed by atoms with Crippen molar-refractivity contribution in [1.29, 1.82) is 0 Å². The molecule has 1 heterocycles. The van der Waals surface area contributed by atoms with Crippen molar-refractivity contribution in [2.45, 2.75) is 31.8 Å². The maximum absolute atomic E-state index is 11.8. The lowest BCUT2D eigenvalue weighted by Gasteiger charge is -2.25. The van der Waals surface area contributed by atoms with E-state index in [1.165, 1.54) is 11.3 Å². The molecule has 6 heteroatoms. The van der Waals surface area contributed by atoms with Crippen LogP contribution in [-0.4, -0.2) is 22.5 Å². The van der Waals surface area contributed by atoms with Gasteiger partial charge in [-0.05, 0) is 25.3 Å².